The number of benzene rings is 1. The van der Waals surface area contributed by atoms with Gasteiger partial charge in [-0.25, -0.2) is 0 Å². The molecule has 0 radical (unpaired) electrons. The van der Waals surface area contributed by atoms with E-state index in [1.165, 1.54) is 0 Å². The summed E-state index contributed by atoms with van der Waals surface area (Å²) in [7, 11) is 0. The smallest absolute Gasteiger partial charge is 0.223 e. The summed E-state index contributed by atoms with van der Waals surface area (Å²) < 4.78 is 5.78. The highest BCUT2D eigenvalue weighted by Crippen LogP contribution is 2.23. The van der Waals surface area contributed by atoms with Crippen LogP contribution in [0.5, 0.6) is 5.75 Å². The zero-order chi connectivity index (χ0) is 14.1. The number of nitrogens with one attached hydrogen (secondary N) is 2. The number of para-hydroxylation sites is 1. The van der Waals surface area contributed by atoms with E-state index in [2.05, 4.69) is 23.6 Å². The third kappa shape index (κ3) is 5.30. The van der Waals surface area contributed by atoms with Crippen molar-refractivity contribution in [1.29, 1.82) is 0 Å². The summed E-state index contributed by atoms with van der Waals surface area (Å²) in [6.45, 7) is 8.79. The molecule has 0 aromatic heterocycles. The van der Waals surface area contributed by atoms with E-state index in [9.17, 15) is 4.79 Å². The van der Waals surface area contributed by atoms with Gasteiger partial charge in [-0.15, -0.1) is 0 Å². The molecule has 19 heavy (non-hydrogen) atoms. The molecule has 4 heteroatoms. The van der Waals surface area contributed by atoms with Crippen LogP contribution in [-0.2, 0) is 11.3 Å². The van der Waals surface area contributed by atoms with E-state index in [1.54, 1.807) is 0 Å². The summed E-state index contributed by atoms with van der Waals surface area (Å²) in [5.74, 6) is 0.928. The minimum atomic E-state index is 0.0318. The van der Waals surface area contributed by atoms with E-state index in [0.29, 0.717) is 19.6 Å². The highest BCUT2D eigenvalue weighted by molar-refractivity contribution is 5.75. The maximum Gasteiger partial charge on any atom is 0.223 e. The fraction of sp³-hybridized carbons (Fsp3) is 0.533. The molecule has 0 saturated carbocycles. The molecular formula is C15H24N2O2. The van der Waals surface area contributed by atoms with Crippen LogP contribution in [0.4, 0.5) is 0 Å². The molecule has 1 aromatic carbocycles. The standard InChI is InChI=1S/C15H24N2O2/c1-4-16-11-13-8-6-7-12(3)15(13)19-10-9-14(18)17-5-2/h6-8,16H,4-5,9-11H2,1-3H3,(H,17,18). The summed E-state index contributed by atoms with van der Waals surface area (Å²) in [6, 6.07) is 6.10. The average molecular weight is 264 g/mol. The van der Waals surface area contributed by atoms with Gasteiger partial charge in [0.25, 0.3) is 0 Å². The van der Waals surface area contributed by atoms with Crippen LogP contribution in [-0.4, -0.2) is 25.6 Å². The minimum absolute atomic E-state index is 0.0318. The normalized spacial score (nSPS) is 10.3. The van der Waals surface area contributed by atoms with Crippen LogP contribution < -0.4 is 15.4 Å². The molecule has 0 atom stereocenters. The van der Waals surface area contributed by atoms with E-state index in [1.807, 2.05) is 26.0 Å². The van der Waals surface area contributed by atoms with Crippen molar-refractivity contribution in [3.8, 4) is 5.75 Å². The SMILES string of the molecule is CCNCc1cccc(C)c1OCCC(=O)NCC. The maximum absolute atomic E-state index is 11.4. The van der Waals surface area contributed by atoms with Gasteiger partial charge in [-0.05, 0) is 26.0 Å². The van der Waals surface area contributed by atoms with Crippen molar-refractivity contribution < 1.29 is 9.53 Å². The van der Waals surface area contributed by atoms with Gasteiger partial charge in [0.1, 0.15) is 5.75 Å². The predicted octanol–water partition coefficient (Wildman–Crippen LogP) is 2.01. The van der Waals surface area contributed by atoms with Crippen LogP contribution in [0, 0.1) is 6.92 Å². The number of ether oxygens (including phenoxy) is 1. The first-order valence-corrected chi connectivity index (χ1v) is 6.87. The fourth-order valence-electron chi connectivity index (χ4n) is 1.85. The van der Waals surface area contributed by atoms with Crippen molar-refractivity contribution in [2.24, 2.45) is 0 Å². The largest absolute Gasteiger partial charge is 0.492 e. The lowest BCUT2D eigenvalue weighted by Crippen LogP contribution is -2.24. The van der Waals surface area contributed by atoms with Crippen molar-refractivity contribution in [1.82, 2.24) is 10.6 Å². The quantitative estimate of drug-likeness (QED) is 0.755. The van der Waals surface area contributed by atoms with Crippen LogP contribution in [0.15, 0.2) is 18.2 Å². The van der Waals surface area contributed by atoms with Crippen molar-refractivity contribution >= 4 is 5.91 Å². The van der Waals surface area contributed by atoms with Crippen molar-refractivity contribution in [2.75, 3.05) is 19.7 Å². The Balaban J connectivity index is 2.58. The number of hydrogen-bond donors (Lipinski definition) is 2. The number of carbonyl (C=O) groups is 1. The minimum Gasteiger partial charge on any atom is -0.492 e. The predicted molar refractivity (Wildman–Crippen MR) is 77.4 cm³/mol. The third-order valence-corrected chi connectivity index (χ3v) is 2.81. The molecule has 0 saturated heterocycles. The van der Waals surface area contributed by atoms with Crippen LogP contribution >= 0.6 is 0 Å². The number of carbonyl (C=O) groups excluding carboxylic acids is 1. The van der Waals surface area contributed by atoms with Crippen molar-refractivity contribution in [3.05, 3.63) is 29.3 Å². The molecule has 0 heterocycles. The molecule has 1 rings (SSSR count). The summed E-state index contributed by atoms with van der Waals surface area (Å²) in [5.41, 5.74) is 2.24. The summed E-state index contributed by atoms with van der Waals surface area (Å²) in [5, 5.41) is 6.06. The maximum atomic E-state index is 11.4. The molecule has 0 fully saturated rings. The zero-order valence-electron chi connectivity index (χ0n) is 12.1. The first-order valence-electron chi connectivity index (χ1n) is 6.87. The topological polar surface area (TPSA) is 50.4 Å². The molecule has 2 N–H and O–H groups in total. The first-order chi connectivity index (χ1) is 9.19. The van der Waals surface area contributed by atoms with E-state index in [4.69, 9.17) is 4.74 Å². The average Bonchev–Trinajstić information content (AvgIpc) is 2.39. The number of rotatable bonds is 8. The van der Waals surface area contributed by atoms with Gasteiger partial charge >= 0.3 is 0 Å². The van der Waals surface area contributed by atoms with Gasteiger partial charge in [0.15, 0.2) is 0 Å². The van der Waals surface area contributed by atoms with Crippen LogP contribution in [0.1, 0.15) is 31.4 Å². The van der Waals surface area contributed by atoms with E-state index < -0.39 is 0 Å². The lowest BCUT2D eigenvalue weighted by atomic mass is 10.1. The van der Waals surface area contributed by atoms with Crippen LogP contribution in [0.2, 0.25) is 0 Å². The van der Waals surface area contributed by atoms with E-state index in [-0.39, 0.29) is 5.91 Å². The Morgan fingerprint density at radius 3 is 2.74 bits per heavy atom. The molecule has 1 amide bonds. The number of aryl methyl sites for hydroxylation is 1. The van der Waals surface area contributed by atoms with Gasteiger partial charge in [-0.1, -0.05) is 25.1 Å². The van der Waals surface area contributed by atoms with Gasteiger partial charge in [-0.3, -0.25) is 4.79 Å². The Hall–Kier alpha value is -1.55. The summed E-state index contributed by atoms with van der Waals surface area (Å²) in [4.78, 5) is 11.4. The molecule has 106 valence electrons. The molecule has 0 aliphatic rings. The van der Waals surface area contributed by atoms with Crippen molar-refractivity contribution in [2.45, 2.75) is 33.7 Å². The summed E-state index contributed by atoms with van der Waals surface area (Å²) >= 11 is 0. The molecule has 0 aliphatic heterocycles. The van der Waals surface area contributed by atoms with Crippen LogP contribution in [0.25, 0.3) is 0 Å². The summed E-state index contributed by atoms with van der Waals surface area (Å²) in [6.07, 6.45) is 0.392. The lowest BCUT2D eigenvalue weighted by molar-refractivity contribution is -0.121. The second kappa shape index (κ2) is 8.53. The second-order valence-corrected chi connectivity index (χ2v) is 4.40. The van der Waals surface area contributed by atoms with Gasteiger partial charge in [0.05, 0.1) is 13.0 Å². The first kappa shape index (κ1) is 15.5. The second-order valence-electron chi connectivity index (χ2n) is 4.40. The van der Waals surface area contributed by atoms with Gasteiger partial charge in [0, 0.05) is 18.7 Å². The molecule has 4 nitrogen and oxygen atoms in total. The lowest BCUT2D eigenvalue weighted by Gasteiger charge is -2.14. The molecule has 0 aliphatic carbocycles. The Bertz CT molecular complexity index is 405. The monoisotopic (exact) mass is 264 g/mol. The fourth-order valence-corrected chi connectivity index (χ4v) is 1.85. The Morgan fingerprint density at radius 2 is 2.05 bits per heavy atom. The molecular weight excluding hydrogens is 240 g/mol. The van der Waals surface area contributed by atoms with Gasteiger partial charge in [-0.2, -0.15) is 0 Å². The molecule has 0 spiro atoms. The Morgan fingerprint density at radius 1 is 1.26 bits per heavy atom. The van der Waals surface area contributed by atoms with Crippen molar-refractivity contribution in [3.63, 3.8) is 0 Å². The molecule has 0 unspecified atom stereocenters. The van der Waals surface area contributed by atoms with Gasteiger partial charge < -0.3 is 15.4 Å². The zero-order valence-corrected chi connectivity index (χ0v) is 12.1. The van der Waals surface area contributed by atoms with Crippen LogP contribution in [0.3, 0.4) is 0 Å². The number of amides is 1. The van der Waals surface area contributed by atoms with E-state index >= 15 is 0 Å². The Labute approximate surface area is 115 Å². The Kier molecular flexibility index (Phi) is 6.97. The highest BCUT2D eigenvalue weighted by Gasteiger charge is 2.07. The highest BCUT2D eigenvalue weighted by atomic mass is 16.5. The molecule has 0 bridgehead atoms. The molecule has 1 aromatic rings. The van der Waals surface area contributed by atoms with Gasteiger partial charge in [0.2, 0.25) is 5.91 Å². The third-order valence-electron chi connectivity index (χ3n) is 2.81. The van der Waals surface area contributed by atoms with E-state index in [0.717, 1.165) is 30.0 Å². The number of hydrogen-bond acceptors (Lipinski definition) is 3.